The van der Waals surface area contributed by atoms with Crippen LogP contribution in [-0.4, -0.2) is 21.7 Å². The highest BCUT2D eigenvalue weighted by Crippen LogP contribution is 2.65. The molecule has 8 nitrogen and oxygen atoms in total. The van der Waals surface area contributed by atoms with Gasteiger partial charge in [-0.3, -0.25) is 0 Å². The molecular formula is C36H25F6N2O6PS2. The van der Waals surface area contributed by atoms with E-state index in [2.05, 4.69) is 0 Å². The first kappa shape index (κ1) is 36.5. The first-order valence-corrected chi connectivity index (χ1v) is 19.9. The lowest BCUT2D eigenvalue weighted by Crippen LogP contribution is -2.38. The van der Waals surface area contributed by atoms with E-state index in [-0.39, 0.29) is 53.3 Å². The fraction of sp³-hybridized carbons (Fsp3) is 0.111. The molecule has 1 N–H and O–H groups in total. The van der Waals surface area contributed by atoms with Crippen molar-refractivity contribution >= 4 is 60.6 Å². The van der Waals surface area contributed by atoms with Gasteiger partial charge in [-0.2, -0.15) is 34.5 Å². The van der Waals surface area contributed by atoms with Crippen molar-refractivity contribution in [3.8, 4) is 11.1 Å². The Morgan fingerprint density at radius 1 is 0.547 bits per heavy atom. The SMILES string of the molecule is Cc1cc(C(F)(F)F)cc(S(=O)(=O)N2c3ccc4ccccc4c3-c3c(ccc4ccccc34)N(S(=O)(=O)c3cc(C)cc(C(F)(F)F)c3)P2(=O)O)c1. The summed E-state index contributed by atoms with van der Waals surface area (Å²) in [6, 6.07) is 21.3. The molecule has 1 heterocycles. The minimum absolute atomic E-state index is 0.0747. The summed E-state index contributed by atoms with van der Waals surface area (Å²) in [5.74, 6) is 0. The highest BCUT2D eigenvalue weighted by atomic mass is 32.2. The van der Waals surface area contributed by atoms with Gasteiger partial charge in [-0.25, -0.2) is 21.4 Å². The summed E-state index contributed by atoms with van der Waals surface area (Å²) < 4.78 is 158. The molecular weight excluding hydrogens is 766 g/mol. The van der Waals surface area contributed by atoms with Crippen LogP contribution in [0.1, 0.15) is 22.3 Å². The van der Waals surface area contributed by atoms with E-state index in [9.17, 15) is 48.1 Å². The van der Waals surface area contributed by atoms with Crippen LogP contribution in [0.3, 0.4) is 0 Å². The number of rotatable bonds is 4. The van der Waals surface area contributed by atoms with Gasteiger partial charge in [0.25, 0.3) is 20.0 Å². The van der Waals surface area contributed by atoms with Gasteiger partial charge in [0, 0.05) is 11.1 Å². The molecule has 0 bridgehead atoms. The minimum Gasteiger partial charge on any atom is -0.312 e. The Kier molecular flexibility index (Phi) is 8.30. The third-order valence-corrected chi connectivity index (χ3v) is 15.7. The van der Waals surface area contributed by atoms with Gasteiger partial charge in [0.05, 0.1) is 32.3 Å². The van der Waals surface area contributed by atoms with Crippen molar-refractivity contribution in [3.63, 3.8) is 0 Å². The molecule has 0 spiro atoms. The molecule has 7 rings (SSSR count). The molecule has 1 aliphatic heterocycles. The standard InChI is InChI=1S/C36H25F6N2O6PS2/c1-21-15-25(35(37,38)39)19-27(17-21)52(47,48)43-31-13-11-23-7-3-5-9-29(23)33(31)34-30-10-6-4-8-24(30)12-14-32(34)44(51(43,45)46)53(49,50)28-18-22(2)16-26(20-28)36(40,41)42/h3-20H,1-2H3,(H,45,46). The topological polar surface area (TPSA) is 112 Å². The third kappa shape index (κ3) is 5.93. The number of anilines is 2. The predicted octanol–water partition coefficient (Wildman–Crippen LogP) is 9.82. The number of nitrogens with zero attached hydrogens (tertiary/aromatic N) is 2. The fourth-order valence-corrected chi connectivity index (χ4v) is 13.4. The summed E-state index contributed by atoms with van der Waals surface area (Å²) in [6.07, 6.45) is -10.1. The molecule has 6 aromatic carbocycles. The zero-order valence-electron chi connectivity index (χ0n) is 27.3. The van der Waals surface area contributed by atoms with Crippen molar-refractivity contribution in [2.24, 2.45) is 0 Å². The van der Waals surface area contributed by atoms with Crippen LogP contribution < -0.4 is 8.15 Å². The van der Waals surface area contributed by atoms with Crippen molar-refractivity contribution in [2.75, 3.05) is 8.15 Å². The molecule has 0 amide bonds. The lowest BCUT2D eigenvalue weighted by atomic mass is 9.91. The van der Waals surface area contributed by atoms with Crippen LogP contribution in [0, 0.1) is 13.8 Å². The van der Waals surface area contributed by atoms with E-state index < -0.39 is 72.4 Å². The quantitative estimate of drug-likeness (QED) is 0.141. The summed E-state index contributed by atoms with van der Waals surface area (Å²) in [7, 11) is -17.5. The van der Waals surface area contributed by atoms with Crippen LogP contribution in [0.5, 0.6) is 0 Å². The van der Waals surface area contributed by atoms with Crippen LogP contribution in [0.25, 0.3) is 32.7 Å². The van der Waals surface area contributed by atoms with E-state index in [1.165, 1.54) is 26.0 Å². The maximum Gasteiger partial charge on any atom is 0.422 e. The van der Waals surface area contributed by atoms with E-state index in [0.717, 1.165) is 24.3 Å². The molecule has 6 aromatic rings. The number of hydrogen-bond donors (Lipinski definition) is 1. The number of alkyl halides is 6. The molecule has 0 aromatic heterocycles. The second-order valence-electron chi connectivity index (χ2n) is 12.4. The van der Waals surface area contributed by atoms with E-state index in [1.54, 1.807) is 48.5 Å². The molecule has 0 fully saturated rings. The van der Waals surface area contributed by atoms with Gasteiger partial charge >= 0.3 is 20.0 Å². The van der Waals surface area contributed by atoms with E-state index in [1.807, 2.05) is 0 Å². The van der Waals surface area contributed by atoms with E-state index in [0.29, 0.717) is 22.9 Å². The van der Waals surface area contributed by atoms with Gasteiger partial charge in [-0.05, 0) is 95.1 Å². The van der Waals surface area contributed by atoms with Crippen LogP contribution in [0.2, 0.25) is 0 Å². The molecule has 1 aliphatic rings. The van der Waals surface area contributed by atoms with Crippen LogP contribution in [-0.2, 0) is 37.0 Å². The average molecular weight is 791 g/mol. The molecule has 0 radical (unpaired) electrons. The summed E-state index contributed by atoms with van der Waals surface area (Å²) in [4.78, 5) is 10.1. The lowest BCUT2D eigenvalue weighted by molar-refractivity contribution is -0.138. The van der Waals surface area contributed by atoms with Crippen molar-refractivity contribution in [1.29, 1.82) is 0 Å². The van der Waals surface area contributed by atoms with Gasteiger partial charge < -0.3 is 4.89 Å². The maximum absolute atomic E-state index is 15.3. The van der Waals surface area contributed by atoms with Crippen LogP contribution in [0.15, 0.2) is 119 Å². The largest absolute Gasteiger partial charge is 0.422 e. The molecule has 17 heteroatoms. The van der Waals surface area contributed by atoms with Crippen molar-refractivity contribution in [3.05, 3.63) is 131 Å². The Morgan fingerprint density at radius 3 is 1.26 bits per heavy atom. The number of fused-ring (bicyclic) bond motifs is 7. The zero-order valence-corrected chi connectivity index (χ0v) is 29.8. The monoisotopic (exact) mass is 790 g/mol. The van der Waals surface area contributed by atoms with Gasteiger partial charge in [-0.15, -0.1) is 0 Å². The molecule has 0 atom stereocenters. The second-order valence-corrected chi connectivity index (χ2v) is 18.4. The molecule has 274 valence electrons. The number of aryl methyl sites for hydroxylation is 2. The van der Waals surface area contributed by atoms with Crippen molar-refractivity contribution in [2.45, 2.75) is 36.0 Å². The van der Waals surface area contributed by atoms with E-state index in [4.69, 9.17) is 0 Å². The Hall–Kier alpha value is -4.89. The summed E-state index contributed by atoms with van der Waals surface area (Å²) >= 11 is 0. The molecule has 0 aliphatic carbocycles. The van der Waals surface area contributed by atoms with Crippen LogP contribution >= 0.6 is 7.67 Å². The normalized spacial score (nSPS) is 15.0. The Balaban J connectivity index is 1.67. The summed E-state index contributed by atoms with van der Waals surface area (Å²) in [5.41, 5.74) is -4.49. The maximum atomic E-state index is 15.3. The first-order valence-electron chi connectivity index (χ1n) is 15.5. The molecule has 53 heavy (non-hydrogen) atoms. The van der Waals surface area contributed by atoms with Gasteiger partial charge in [0.2, 0.25) is 0 Å². The Labute approximate surface area is 299 Å². The van der Waals surface area contributed by atoms with E-state index >= 15 is 4.57 Å². The first-order chi connectivity index (χ1) is 24.6. The number of sulfonamides is 2. The molecule has 0 saturated carbocycles. The number of benzene rings is 6. The fourth-order valence-electron chi connectivity index (χ4n) is 6.58. The molecule has 0 unspecified atom stereocenters. The second kappa shape index (κ2) is 12.1. The van der Waals surface area contributed by atoms with Gasteiger partial charge in [0.1, 0.15) is 0 Å². The summed E-state index contributed by atoms with van der Waals surface area (Å²) in [6.45, 7) is 2.34. The number of hydrogen-bond acceptors (Lipinski definition) is 5. The minimum atomic E-state index is -6.26. The third-order valence-electron chi connectivity index (χ3n) is 8.76. The molecule has 0 saturated heterocycles. The van der Waals surface area contributed by atoms with Gasteiger partial charge in [0.15, 0.2) is 0 Å². The lowest BCUT2D eigenvalue weighted by Gasteiger charge is -2.34. The predicted molar refractivity (Wildman–Crippen MR) is 188 cm³/mol. The van der Waals surface area contributed by atoms with Crippen LogP contribution in [0.4, 0.5) is 37.7 Å². The Bertz CT molecular complexity index is 2600. The summed E-state index contributed by atoms with van der Waals surface area (Å²) in [5, 5.41) is 1.46. The highest BCUT2D eigenvalue weighted by Gasteiger charge is 2.54. The van der Waals surface area contributed by atoms with Gasteiger partial charge in [-0.1, -0.05) is 60.7 Å². The zero-order chi connectivity index (χ0) is 38.5. The Morgan fingerprint density at radius 2 is 0.906 bits per heavy atom. The van der Waals surface area contributed by atoms with Crippen molar-refractivity contribution in [1.82, 2.24) is 0 Å². The number of halogens is 6. The highest BCUT2D eigenvalue weighted by molar-refractivity contribution is 8.06. The van der Waals surface area contributed by atoms with Crippen molar-refractivity contribution < 1.29 is 52.6 Å². The smallest absolute Gasteiger partial charge is 0.312 e. The average Bonchev–Trinajstić information content (AvgIpc) is 3.16.